The number of anilines is 2. The van der Waals surface area contributed by atoms with E-state index in [0.29, 0.717) is 17.3 Å². The van der Waals surface area contributed by atoms with Gasteiger partial charge in [0.25, 0.3) is 10.0 Å². The van der Waals surface area contributed by atoms with E-state index in [2.05, 4.69) is 15.2 Å². The highest BCUT2D eigenvalue weighted by atomic mass is 32.2. The van der Waals surface area contributed by atoms with Crippen LogP contribution in [0, 0.1) is 0 Å². The summed E-state index contributed by atoms with van der Waals surface area (Å²) in [6, 6.07) is 9.13. The Labute approximate surface area is 116 Å². The van der Waals surface area contributed by atoms with Crippen LogP contribution in [0.1, 0.15) is 0 Å². The van der Waals surface area contributed by atoms with Crippen molar-refractivity contribution >= 4 is 21.4 Å². The first-order valence-corrected chi connectivity index (χ1v) is 7.13. The molecule has 1 aromatic carbocycles. The van der Waals surface area contributed by atoms with E-state index in [4.69, 9.17) is 10.5 Å². The lowest BCUT2D eigenvalue weighted by molar-refractivity contribution is 0.398. The van der Waals surface area contributed by atoms with Gasteiger partial charge in [-0.25, -0.2) is 13.4 Å². The van der Waals surface area contributed by atoms with Crippen LogP contribution in [0.4, 0.5) is 11.4 Å². The molecule has 0 bridgehead atoms. The van der Waals surface area contributed by atoms with Gasteiger partial charge < -0.3 is 15.9 Å². The van der Waals surface area contributed by atoms with Crippen LogP contribution in [0.25, 0.3) is 0 Å². The van der Waals surface area contributed by atoms with Gasteiger partial charge in [-0.05, 0) is 30.3 Å². The van der Waals surface area contributed by atoms with Crippen LogP contribution in [-0.2, 0) is 10.0 Å². The third-order valence-corrected chi connectivity index (χ3v) is 3.73. The number of hydrogen-bond donors (Lipinski definition) is 3. The second-order valence-electron chi connectivity index (χ2n) is 3.89. The van der Waals surface area contributed by atoms with Gasteiger partial charge in [0.15, 0.2) is 0 Å². The Balaban J connectivity index is 2.06. The molecule has 0 fully saturated rings. The minimum Gasteiger partial charge on any atom is -0.481 e. The van der Waals surface area contributed by atoms with E-state index in [-0.39, 0.29) is 4.90 Å². The number of hydrogen-bond acceptors (Lipinski definition) is 6. The van der Waals surface area contributed by atoms with Gasteiger partial charge in [0, 0.05) is 11.8 Å². The molecule has 7 nitrogen and oxygen atoms in total. The minimum absolute atomic E-state index is 0.112. The second-order valence-corrected chi connectivity index (χ2v) is 5.57. The van der Waals surface area contributed by atoms with Crippen LogP contribution in [0.5, 0.6) is 5.88 Å². The first-order valence-electron chi connectivity index (χ1n) is 5.65. The Bertz CT molecular complexity index is 669. The number of sulfonamides is 1. The largest absolute Gasteiger partial charge is 0.481 e. The maximum Gasteiger partial charge on any atom is 0.257 e. The van der Waals surface area contributed by atoms with Gasteiger partial charge in [-0.3, -0.25) is 0 Å². The fourth-order valence-electron chi connectivity index (χ4n) is 1.41. The third kappa shape index (κ3) is 3.37. The lowest BCUT2D eigenvalue weighted by atomic mass is 10.3. The topological polar surface area (TPSA) is 106 Å². The lowest BCUT2D eigenvalue weighted by Crippen LogP contribution is -2.29. The molecule has 0 aliphatic carbocycles. The standard InChI is InChI=1S/C12H14N4O3S/c1-19-12-7-4-10(8-14-12)15-16-20(17,18)11-5-2-9(13)3-6-11/h2-8,15-16H,13H2,1H3. The number of methoxy groups -OCH3 is 1. The fraction of sp³-hybridized carbons (Fsp3) is 0.0833. The Morgan fingerprint density at radius 1 is 1.15 bits per heavy atom. The molecule has 0 amide bonds. The number of benzene rings is 1. The van der Waals surface area contributed by atoms with Gasteiger partial charge in [-0.15, -0.1) is 4.83 Å². The molecule has 106 valence electrons. The van der Waals surface area contributed by atoms with Crippen molar-refractivity contribution in [2.45, 2.75) is 4.90 Å². The summed E-state index contributed by atoms with van der Waals surface area (Å²) in [4.78, 5) is 6.31. The molecule has 2 rings (SSSR count). The van der Waals surface area contributed by atoms with Crippen LogP contribution in [0.3, 0.4) is 0 Å². The Morgan fingerprint density at radius 3 is 2.40 bits per heavy atom. The zero-order chi connectivity index (χ0) is 14.6. The molecule has 8 heteroatoms. The van der Waals surface area contributed by atoms with Crippen LogP contribution < -0.4 is 20.7 Å². The molecule has 0 radical (unpaired) electrons. The predicted octanol–water partition coefficient (Wildman–Crippen LogP) is 0.978. The summed E-state index contributed by atoms with van der Waals surface area (Å²) < 4.78 is 28.9. The van der Waals surface area contributed by atoms with E-state index < -0.39 is 10.0 Å². The first kappa shape index (κ1) is 14.1. The van der Waals surface area contributed by atoms with Crippen molar-refractivity contribution in [3.05, 3.63) is 42.6 Å². The van der Waals surface area contributed by atoms with Crippen molar-refractivity contribution < 1.29 is 13.2 Å². The number of nitrogens with one attached hydrogen (secondary N) is 2. The van der Waals surface area contributed by atoms with Crippen molar-refractivity contribution in [1.82, 2.24) is 9.82 Å². The number of nitrogens with zero attached hydrogens (tertiary/aromatic N) is 1. The average molecular weight is 294 g/mol. The molecule has 20 heavy (non-hydrogen) atoms. The lowest BCUT2D eigenvalue weighted by Gasteiger charge is -2.09. The summed E-state index contributed by atoms with van der Waals surface area (Å²) >= 11 is 0. The molecule has 1 heterocycles. The van der Waals surface area contributed by atoms with Crippen molar-refractivity contribution in [2.75, 3.05) is 18.3 Å². The summed E-state index contributed by atoms with van der Waals surface area (Å²) in [5, 5.41) is 0. The quantitative estimate of drug-likeness (QED) is 0.560. The highest BCUT2D eigenvalue weighted by Crippen LogP contribution is 2.13. The second kappa shape index (κ2) is 5.76. The van der Waals surface area contributed by atoms with Crippen molar-refractivity contribution in [3.63, 3.8) is 0 Å². The predicted molar refractivity (Wildman–Crippen MR) is 75.6 cm³/mol. The van der Waals surface area contributed by atoms with Crippen LogP contribution in [-0.4, -0.2) is 20.5 Å². The highest BCUT2D eigenvalue weighted by molar-refractivity contribution is 7.89. The summed E-state index contributed by atoms with van der Waals surface area (Å²) in [6.07, 6.45) is 1.45. The molecule has 0 spiro atoms. The van der Waals surface area contributed by atoms with Gasteiger partial charge >= 0.3 is 0 Å². The monoisotopic (exact) mass is 294 g/mol. The summed E-state index contributed by atoms with van der Waals surface area (Å²) in [5.74, 6) is 0.442. The SMILES string of the molecule is COc1ccc(NNS(=O)(=O)c2ccc(N)cc2)cn1. The number of ether oxygens (including phenoxy) is 1. The van der Waals surface area contributed by atoms with Gasteiger partial charge in [-0.2, -0.15) is 0 Å². The molecule has 1 aromatic heterocycles. The molecular formula is C12H14N4O3S. The number of rotatable bonds is 5. The normalized spacial score (nSPS) is 11.1. The Hall–Kier alpha value is -2.32. The van der Waals surface area contributed by atoms with Gasteiger partial charge in [0.1, 0.15) is 0 Å². The van der Waals surface area contributed by atoms with Crippen LogP contribution in [0.2, 0.25) is 0 Å². The van der Waals surface area contributed by atoms with E-state index >= 15 is 0 Å². The van der Waals surface area contributed by atoms with E-state index in [0.717, 1.165) is 0 Å². The number of nitrogen functional groups attached to an aromatic ring is 1. The highest BCUT2D eigenvalue weighted by Gasteiger charge is 2.13. The smallest absolute Gasteiger partial charge is 0.257 e. The van der Waals surface area contributed by atoms with Crippen molar-refractivity contribution in [3.8, 4) is 5.88 Å². The zero-order valence-corrected chi connectivity index (χ0v) is 11.5. The van der Waals surface area contributed by atoms with Crippen molar-refractivity contribution in [2.24, 2.45) is 0 Å². The maximum atomic E-state index is 12.0. The summed E-state index contributed by atoms with van der Waals surface area (Å²) in [7, 11) is -2.17. The molecule has 4 N–H and O–H groups in total. The number of hydrazine groups is 1. The fourth-order valence-corrected chi connectivity index (χ4v) is 2.27. The Morgan fingerprint density at radius 2 is 1.85 bits per heavy atom. The van der Waals surface area contributed by atoms with E-state index in [1.165, 1.54) is 37.6 Å². The molecule has 2 aromatic rings. The number of nitrogens with two attached hydrogens (primary N) is 1. The summed E-state index contributed by atoms with van der Waals surface area (Å²) in [5.41, 5.74) is 9.06. The molecular weight excluding hydrogens is 280 g/mol. The van der Waals surface area contributed by atoms with Gasteiger partial charge in [0.05, 0.1) is 23.9 Å². The van der Waals surface area contributed by atoms with Gasteiger partial charge in [0.2, 0.25) is 5.88 Å². The van der Waals surface area contributed by atoms with Crippen molar-refractivity contribution in [1.29, 1.82) is 0 Å². The van der Waals surface area contributed by atoms with Crippen LogP contribution in [0.15, 0.2) is 47.5 Å². The van der Waals surface area contributed by atoms with Gasteiger partial charge in [-0.1, -0.05) is 0 Å². The molecule has 0 aliphatic heterocycles. The Kier molecular flexibility index (Phi) is 4.06. The zero-order valence-electron chi connectivity index (χ0n) is 10.7. The van der Waals surface area contributed by atoms with E-state index in [1.54, 1.807) is 12.1 Å². The number of aromatic nitrogens is 1. The molecule has 0 saturated heterocycles. The van der Waals surface area contributed by atoms with E-state index in [1.807, 2.05) is 0 Å². The molecule has 0 aliphatic rings. The molecule has 0 saturated carbocycles. The van der Waals surface area contributed by atoms with E-state index in [9.17, 15) is 8.42 Å². The molecule has 0 unspecified atom stereocenters. The summed E-state index contributed by atoms with van der Waals surface area (Å²) in [6.45, 7) is 0. The maximum absolute atomic E-state index is 12.0. The first-order chi connectivity index (χ1) is 9.51. The number of pyridine rings is 1. The minimum atomic E-state index is -3.67. The molecule has 0 atom stereocenters. The third-order valence-electron chi connectivity index (χ3n) is 2.47. The average Bonchev–Trinajstić information content (AvgIpc) is 2.46. The van der Waals surface area contributed by atoms with Crippen LogP contribution >= 0.6 is 0 Å².